The summed E-state index contributed by atoms with van der Waals surface area (Å²) in [7, 11) is 0. The third-order valence-electron chi connectivity index (χ3n) is 1.30. The quantitative estimate of drug-likeness (QED) is 0.375. The second-order valence-corrected chi connectivity index (χ2v) is 2.35. The molecule has 13 heavy (non-hydrogen) atoms. The van der Waals surface area contributed by atoms with Gasteiger partial charge in [-0.2, -0.15) is 4.99 Å². The normalized spacial score (nSPS) is 11.5. The summed E-state index contributed by atoms with van der Waals surface area (Å²) in [4.78, 5) is 23.3. The smallest absolute Gasteiger partial charge is 0.331 e. The van der Waals surface area contributed by atoms with Crippen LogP contribution in [0.3, 0.4) is 0 Å². The van der Waals surface area contributed by atoms with Crippen LogP contribution in [0.5, 0.6) is 0 Å². The van der Waals surface area contributed by atoms with Crippen molar-refractivity contribution in [1.29, 1.82) is 0 Å². The van der Waals surface area contributed by atoms with Crippen LogP contribution >= 0.6 is 0 Å². The SMILES string of the molecule is C=C(CCOC(C)N=C=O)C(=O)O. The zero-order chi connectivity index (χ0) is 10.3. The van der Waals surface area contributed by atoms with Crippen molar-refractivity contribution >= 4 is 12.0 Å². The van der Waals surface area contributed by atoms with Gasteiger partial charge in [0.15, 0.2) is 6.23 Å². The van der Waals surface area contributed by atoms with E-state index < -0.39 is 12.2 Å². The van der Waals surface area contributed by atoms with Crippen molar-refractivity contribution in [1.82, 2.24) is 0 Å². The minimum absolute atomic E-state index is 0.0716. The first kappa shape index (κ1) is 11.6. The molecule has 0 aliphatic carbocycles. The Hall–Kier alpha value is -1.45. The highest BCUT2D eigenvalue weighted by Gasteiger charge is 2.04. The van der Waals surface area contributed by atoms with Crippen molar-refractivity contribution in [2.75, 3.05) is 6.61 Å². The Morgan fingerprint density at radius 2 is 2.38 bits per heavy atom. The van der Waals surface area contributed by atoms with Gasteiger partial charge >= 0.3 is 5.97 Å². The molecule has 0 aromatic rings. The van der Waals surface area contributed by atoms with E-state index in [2.05, 4.69) is 11.6 Å². The van der Waals surface area contributed by atoms with E-state index in [1.54, 1.807) is 6.92 Å². The molecule has 5 nitrogen and oxygen atoms in total. The number of hydrogen-bond donors (Lipinski definition) is 1. The molecular formula is C8H11NO4. The molecule has 0 heterocycles. The number of carboxylic acid groups (broad SMARTS) is 1. The molecule has 0 aromatic heterocycles. The molecule has 0 fully saturated rings. The fourth-order valence-corrected chi connectivity index (χ4v) is 0.571. The zero-order valence-corrected chi connectivity index (χ0v) is 7.32. The van der Waals surface area contributed by atoms with Gasteiger partial charge in [0.25, 0.3) is 0 Å². The zero-order valence-electron chi connectivity index (χ0n) is 7.32. The predicted molar refractivity (Wildman–Crippen MR) is 44.9 cm³/mol. The Labute approximate surface area is 75.7 Å². The minimum atomic E-state index is -1.05. The summed E-state index contributed by atoms with van der Waals surface area (Å²) in [5.74, 6) is -1.05. The number of carbonyl (C=O) groups excluding carboxylic acids is 1. The molecule has 0 radical (unpaired) electrons. The number of carboxylic acids is 1. The molecule has 0 saturated carbocycles. The number of hydrogen-bond acceptors (Lipinski definition) is 4. The van der Waals surface area contributed by atoms with Gasteiger partial charge < -0.3 is 9.84 Å². The van der Waals surface area contributed by atoms with E-state index in [9.17, 15) is 9.59 Å². The summed E-state index contributed by atoms with van der Waals surface area (Å²) in [6, 6.07) is 0. The van der Waals surface area contributed by atoms with Crippen LogP contribution in [-0.2, 0) is 14.3 Å². The topological polar surface area (TPSA) is 76.0 Å². The van der Waals surface area contributed by atoms with Crippen LogP contribution in [0.2, 0.25) is 0 Å². The highest BCUT2D eigenvalue weighted by Crippen LogP contribution is 2.00. The predicted octanol–water partition coefficient (Wildman–Crippen LogP) is 0.716. The van der Waals surface area contributed by atoms with E-state index in [1.165, 1.54) is 6.08 Å². The number of carbonyl (C=O) groups is 1. The molecule has 0 aromatic carbocycles. The summed E-state index contributed by atoms with van der Waals surface area (Å²) in [5, 5.41) is 8.41. The number of aliphatic imine (C=N–C) groups is 1. The van der Waals surface area contributed by atoms with E-state index >= 15 is 0 Å². The maximum atomic E-state index is 10.3. The first-order valence-corrected chi connectivity index (χ1v) is 3.67. The third kappa shape index (κ3) is 5.78. The highest BCUT2D eigenvalue weighted by atomic mass is 16.5. The molecule has 1 unspecified atom stereocenters. The summed E-state index contributed by atoms with van der Waals surface area (Å²) in [6.07, 6.45) is 0.972. The molecule has 1 atom stereocenters. The summed E-state index contributed by atoms with van der Waals surface area (Å²) in [5.41, 5.74) is 0.0716. The number of rotatable bonds is 6. The monoisotopic (exact) mass is 185 g/mol. The van der Waals surface area contributed by atoms with E-state index in [1.807, 2.05) is 0 Å². The van der Waals surface area contributed by atoms with Gasteiger partial charge in [-0.25, -0.2) is 9.59 Å². The van der Waals surface area contributed by atoms with Gasteiger partial charge in [0, 0.05) is 12.0 Å². The van der Waals surface area contributed by atoms with Gasteiger partial charge in [-0.3, -0.25) is 0 Å². The largest absolute Gasteiger partial charge is 0.478 e. The third-order valence-corrected chi connectivity index (χ3v) is 1.30. The van der Waals surface area contributed by atoms with Crippen LogP contribution < -0.4 is 0 Å². The molecule has 0 bridgehead atoms. The van der Waals surface area contributed by atoms with E-state index in [0.717, 1.165) is 0 Å². The van der Waals surface area contributed by atoms with Gasteiger partial charge in [0.2, 0.25) is 6.08 Å². The Kier molecular flexibility index (Phi) is 5.43. The molecule has 5 heteroatoms. The van der Waals surface area contributed by atoms with Crippen molar-refractivity contribution in [2.24, 2.45) is 4.99 Å². The average molecular weight is 185 g/mol. The second-order valence-electron chi connectivity index (χ2n) is 2.35. The molecular weight excluding hydrogens is 174 g/mol. The van der Waals surface area contributed by atoms with E-state index in [4.69, 9.17) is 9.84 Å². The fraction of sp³-hybridized carbons (Fsp3) is 0.500. The molecule has 0 aliphatic heterocycles. The van der Waals surface area contributed by atoms with Gasteiger partial charge in [-0.1, -0.05) is 6.58 Å². The summed E-state index contributed by atoms with van der Waals surface area (Å²) in [6.45, 7) is 5.05. The van der Waals surface area contributed by atoms with E-state index in [0.29, 0.717) is 0 Å². The van der Waals surface area contributed by atoms with Crippen LogP contribution in [0.4, 0.5) is 0 Å². The Morgan fingerprint density at radius 1 is 1.77 bits per heavy atom. The first-order valence-electron chi connectivity index (χ1n) is 3.67. The molecule has 0 amide bonds. The van der Waals surface area contributed by atoms with Crippen molar-refractivity contribution in [2.45, 2.75) is 19.6 Å². The van der Waals surface area contributed by atoms with Crippen LogP contribution in [0.15, 0.2) is 17.1 Å². The molecule has 0 rings (SSSR count). The van der Waals surface area contributed by atoms with Crippen molar-refractivity contribution < 1.29 is 19.4 Å². The lowest BCUT2D eigenvalue weighted by Crippen LogP contribution is -2.08. The second kappa shape index (κ2) is 6.11. The Bertz CT molecular complexity index is 243. The number of aliphatic carboxylic acids is 1. The van der Waals surface area contributed by atoms with Crippen LogP contribution in [0.1, 0.15) is 13.3 Å². The number of isocyanates is 1. The minimum Gasteiger partial charge on any atom is -0.478 e. The van der Waals surface area contributed by atoms with Gasteiger partial charge in [-0.15, -0.1) is 0 Å². The average Bonchev–Trinajstić information content (AvgIpc) is 2.04. The van der Waals surface area contributed by atoms with Crippen LogP contribution in [0, 0.1) is 0 Å². The maximum Gasteiger partial charge on any atom is 0.331 e. The molecule has 0 aliphatic rings. The number of nitrogens with zero attached hydrogens (tertiary/aromatic N) is 1. The van der Waals surface area contributed by atoms with Crippen LogP contribution in [-0.4, -0.2) is 30.0 Å². The molecule has 0 spiro atoms. The van der Waals surface area contributed by atoms with Gasteiger partial charge in [0.1, 0.15) is 0 Å². The lowest BCUT2D eigenvalue weighted by Gasteiger charge is -2.05. The lowest BCUT2D eigenvalue weighted by molar-refractivity contribution is -0.133. The number of ether oxygens (including phenoxy) is 1. The van der Waals surface area contributed by atoms with Crippen molar-refractivity contribution in [3.63, 3.8) is 0 Å². The van der Waals surface area contributed by atoms with Crippen molar-refractivity contribution in [3.8, 4) is 0 Å². The summed E-state index contributed by atoms with van der Waals surface area (Å²) >= 11 is 0. The van der Waals surface area contributed by atoms with E-state index in [-0.39, 0.29) is 18.6 Å². The first-order chi connectivity index (χ1) is 6.07. The van der Waals surface area contributed by atoms with Crippen LogP contribution in [0.25, 0.3) is 0 Å². The Morgan fingerprint density at radius 3 is 2.85 bits per heavy atom. The summed E-state index contributed by atoms with van der Waals surface area (Å²) < 4.78 is 4.95. The standard InChI is InChI=1S/C8H11NO4/c1-6(8(11)12)3-4-13-7(2)9-5-10/h7H,1,3-4H2,2H3,(H,11,12). The molecule has 0 saturated heterocycles. The highest BCUT2D eigenvalue weighted by molar-refractivity contribution is 5.85. The molecule has 1 N–H and O–H groups in total. The van der Waals surface area contributed by atoms with Gasteiger partial charge in [0.05, 0.1) is 6.61 Å². The fourth-order valence-electron chi connectivity index (χ4n) is 0.571. The Balaban J connectivity index is 3.62. The van der Waals surface area contributed by atoms with Crippen molar-refractivity contribution in [3.05, 3.63) is 12.2 Å². The van der Waals surface area contributed by atoms with Gasteiger partial charge in [-0.05, 0) is 6.92 Å². The maximum absolute atomic E-state index is 10.3. The lowest BCUT2D eigenvalue weighted by atomic mass is 10.2. The molecule has 72 valence electrons.